The molecule has 8 heteroatoms. The summed E-state index contributed by atoms with van der Waals surface area (Å²) < 4.78 is 0. The van der Waals surface area contributed by atoms with Crippen LogP contribution in [0.25, 0.3) is 10.7 Å². The van der Waals surface area contributed by atoms with Gasteiger partial charge in [-0.05, 0) is 31.2 Å². The number of aromatic nitrogens is 3. The van der Waals surface area contributed by atoms with Gasteiger partial charge in [0.15, 0.2) is 5.01 Å². The van der Waals surface area contributed by atoms with Gasteiger partial charge in [0.25, 0.3) is 5.91 Å². The lowest BCUT2D eigenvalue weighted by Crippen LogP contribution is -2.48. The van der Waals surface area contributed by atoms with Crippen molar-refractivity contribution < 1.29 is 4.79 Å². The molecule has 1 fully saturated rings. The second kappa shape index (κ2) is 6.89. The first-order valence-corrected chi connectivity index (χ1v) is 9.69. The number of aryl methyl sites for hydroxylation is 1. The van der Waals surface area contributed by atoms with E-state index in [0.29, 0.717) is 13.1 Å². The van der Waals surface area contributed by atoms with Crippen molar-refractivity contribution in [1.82, 2.24) is 20.1 Å². The Morgan fingerprint density at radius 3 is 2.56 bits per heavy atom. The van der Waals surface area contributed by atoms with E-state index in [4.69, 9.17) is 0 Å². The van der Waals surface area contributed by atoms with E-state index < -0.39 is 0 Å². The fraction of sp³-hybridized carbons (Fsp3) is 0.294. The lowest BCUT2D eigenvalue weighted by molar-refractivity contribution is 0.0751. The Balaban J connectivity index is 1.41. The predicted molar refractivity (Wildman–Crippen MR) is 100 cm³/mol. The average molecular weight is 371 g/mol. The number of carbonyl (C=O) groups is 1. The van der Waals surface area contributed by atoms with Crippen LogP contribution in [0.4, 0.5) is 5.13 Å². The quantitative estimate of drug-likeness (QED) is 0.708. The molecule has 128 valence electrons. The minimum atomic E-state index is 0.129. The number of piperazine rings is 1. The van der Waals surface area contributed by atoms with Gasteiger partial charge in [-0.25, -0.2) is 0 Å². The highest BCUT2D eigenvalue weighted by Crippen LogP contribution is 2.28. The first-order chi connectivity index (χ1) is 12.2. The first-order valence-electron chi connectivity index (χ1n) is 8.06. The third-order valence-corrected chi connectivity index (χ3v) is 6.08. The molecule has 4 heterocycles. The highest BCUT2D eigenvalue weighted by atomic mass is 32.1. The van der Waals surface area contributed by atoms with Crippen molar-refractivity contribution in [2.75, 3.05) is 31.1 Å². The normalized spacial score (nSPS) is 14.8. The van der Waals surface area contributed by atoms with E-state index in [9.17, 15) is 4.79 Å². The van der Waals surface area contributed by atoms with Crippen LogP contribution in [-0.2, 0) is 0 Å². The van der Waals surface area contributed by atoms with Gasteiger partial charge in [-0.2, -0.15) is 0 Å². The molecule has 0 saturated carbocycles. The molecule has 0 aromatic carbocycles. The minimum Gasteiger partial charge on any atom is -0.343 e. The van der Waals surface area contributed by atoms with Crippen molar-refractivity contribution in [2.45, 2.75) is 6.92 Å². The van der Waals surface area contributed by atoms with Crippen LogP contribution in [0, 0.1) is 6.92 Å². The monoisotopic (exact) mass is 371 g/mol. The maximum absolute atomic E-state index is 12.5. The largest absolute Gasteiger partial charge is 0.343 e. The number of hydrogen-bond acceptors (Lipinski definition) is 7. The number of nitrogens with zero attached hydrogens (tertiary/aromatic N) is 5. The summed E-state index contributed by atoms with van der Waals surface area (Å²) in [5.41, 5.74) is 0.841. The zero-order chi connectivity index (χ0) is 17.2. The average Bonchev–Trinajstić information content (AvgIpc) is 3.31. The maximum atomic E-state index is 12.5. The molecular formula is C17H17N5OS2. The molecule has 0 radical (unpaired) electrons. The second-order valence-corrected chi connectivity index (χ2v) is 8.04. The van der Waals surface area contributed by atoms with Crippen molar-refractivity contribution in [3.8, 4) is 10.7 Å². The van der Waals surface area contributed by atoms with Crippen LogP contribution in [0.1, 0.15) is 14.5 Å². The summed E-state index contributed by atoms with van der Waals surface area (Å²) in [4.78, 5) is 22.9. The molecule has 3 aromatic heterocycles. The number of amides is 1. The summed E-state index contributed by atoms with van der Waals surface area (Å²) in [6.45, 7) is 4.97. The summed E-state index contributed by atoms with van der Waals surface area (Å²) >= 11 is 3.10. The van der Waals surface area contributed by atoms with E-state index in [1.165, 1.54) is 0 Å². The van der Waals surface area contributed by atoms with E-state index in [-0.39, 0.29) is 5.91 Å². The van der Waals surface area contributed by atoms with Gasteiger partial charge in [-0.3, -0.25) is 9.78 Å². The van der Waals surface area contributed by atoms with Gasteiger partial charge in [0.05, 0.1) is 4.88 Å². The molecule has 6 nitrogen and oxygen atoms in total. The van der Waals surface area contributed by atoms with Gasteiger partial charge >= 0.3 is 0 Å². The summed E-state index contributed by atoms with van der Waals surface area (Å²) in [7, 11) is 0. The van der Waals surface area contributed by atoms with Gasteiger partial charge in [0, 0.05) is 37.3 Å². The van der Waals surface area contributed by atoms with Crippen LogP contribution in [0.15, 0.2) is 36.5 Å². The predicted octanol–water partition coefficient (Wildman–Crippen LogP) is 2.93. The van der Waals surface area contributed by atoms with E-state index >= 15 is 0 Å². The molecule has 1 aliphatic rings. The van der Waals surface area contributed by atoms with Gasteiger partial charge in [0.2, 0.25) is 5.13 Å². The van der Waals surface area contributed by atoms with Crippen LogP contribution in [-0.4, -0.2) is 52.2 Å². The molecular weight excluding hydrogens is 354 g/mol. The van der Waals surface area contributed by atoms with Crippen LogP contribution in [0.2, 0.25) is 0 Å². The molecule has 1 amide bonds. The Morgan fingerprint density at radius 2 is 1.88 bits per heavy atom. The molecule has 0 bridgehead atoms. The van der Waals surface area contributed by atoms with Crippen LogP contribution in [0.5, 0.6) is 0 Å². The topological polar surface area (TPSA) is 62.2 Å². The fourth-order valence-corrected chi connectivity index (χ4v) is 4.45. The second-order valence-electron chi connectivity index (χ2n) is 5.79. The van der Waals surface area contributed by atoms with Gasteiger partial charge < -0.3 is 9.80 Å². The van der Waals surface area contributed by atoms with Crippen molar-refractivity contribution >= 4 is 33.7 Å². The summed E-state index contributed by atoms with van der Waals surface area (Å²) in [6.07, 6.45) is 1.76. The molecule has 0 spiro atoms. The molecule has 1 aliphatic heterocycles. The Morgan fingerprint density at radius 1 is 1.04 bits per heavy atom. The van der Waals surface area contributed by atoms with E-state index in [2.05, 4.69) is 20.1 Å². The first kappa shape index (κ1) is 16.2. The molecule has 25 heavy (non-hydrogen) atoms. The molecule has 0 aliphatic carbocycles. The Labute approximate surface area is 153 Å². The van der Waals surface area contributed by atoms with Crippen molar-refractivity contribution in [2.24, 2.45) is 0 Å². The Kier molecular flexibility index (Phi) is 4.46. The fourth-order valence-electron chi connectivity index (χ4n) is 2.74. The van der Waals surface area contributed by atoms with Crippen molar-refractivity contribution in [3.05, 3.63) is 46.3 Å². The molecule has 4 rings (SSSR count). The van der Waals surface area contributed by atoms with Gasteiger partial charge in [0.1, 0.15) is 5.69 Å². The van der Waals surface area contributed by atoms with Gasteiger partial charge in [-0.15, -0.1) is 21.5 Å². The highest BCUT2D eigenvalue weighted by Gasteiger charge is 2.25. The van der Waals surface area contributed by atoms with E-state index in [0.717, 1.165) is 38.7 Å². The lowest BCUT2D eigenvalue weighted by Gasteiger charge is -2.34. The number of pyridine rings is 1. The van der Waals surface area contributed by atoms with Crippen LogP contribution < -0.4 is 4.90 Å². The minimum absolute atomic E-state index is 0.129. The highest BCUT2D eigenvalue weighted by molar-refractivity contribution is 7.18. The van der Waals surface area contributed by atoms with Crippen LogP contribution in [0.3, 0.4) is 0 Å². The Bertz CT molecular complexity index is 868. The van der Waals surface area contributed by atoms with Crippen LogP contribution >= 0.6 is 22.7 Å². The summed E-state index contributed by atoms with van der Waals surface area (Å²) in [6, 6.07) is 9.67. The summed E-state index contributed by atoms with van der Waals surface area (Å²) in [5.74, 6) is 0.129. The van der Waals surface area contributed by atoms with Crippen molar-refractivity contribution in [1.29, 1.82) is 0 Å². The number of carbonyl (C=O) groups excluding carboxylic acids is 1. The molecule has 3 aromatic rings. The van der Waals surface area contributed by atoms with Crippen molar-refractivity contribution in [3.63, 3.8) is 0 Å². The third-order valence-electron chi connectivity index (χ3n) is 4.09. The third kappa shape index (κ3) is 3.40. The molecule has 0 unspecified atom stereocenters. The maximum Gasteiger partial charge on any atom is 0.264 e. The number of hydrogen-bond donors (Lipinski definition) is 0. The molecule has 0 atom stereocenters. The standard InChI is InChI=1S/C17H17N5OS2/c1-12-5-6-14(24-12)16(23)21-8-10-22(11-9-21)17-20-19-15(25-17)13-4-2-3-7-18-13/h2-7H,8-11H2,1H3. The number of rotatable bonds is 3. The zero-order valence-electron chi connectivity index (χ0n) is 13.8. The van der Waals surface area contributed by atoms with Gasteiger partial charge in [-0.1, -0.05) is 17.4 Å². The number of thiophene rings is 1. The summed E-state index contributed by atoms with van der Waals surface area (Å²) in [5, 5.41) is 10.3. The Hall–Kier alpha value is -2.32. The van der Waals surface area contributed by atoms with E-state index in [1.54, 1.807) is 28.9 Å². The SMILES string of the molecule is Cc1ccc(C(=O)N2CCN(c3nnc(-c4ccccn4)s3)CC2)s1. The lowest BCUT2D eigenvalue weighted by atomic mass is 10.3. The zero-order valence-corrected chi connectivity index (χ0v) is 15.4. The molecule has 1 saturated heterocycles. The smallest absolute Gasteiger partial charge is 0.264 e. The number of anilines is 1. The van der Waals surface area contributed by atoms with E-state index in [1.807, 2.05) is 42.2 Å². The molecule has 0 N–H and O–H groups in total.